The SMILES string of the molecule is Cc1c(S)c(Cl)cc(CNC(=O)OCC2c3ccccc3-c3ccccc32)c1-c1ccccc1C=O. The van der Waals surface area contributed by atoms with E-state index in [-0.39, 0.29) is 19.1 Å². The number of halogens is 1. The molecule has 4 aromatic rings. The summed E-state index contributed by atoms with van der Waals surface area (Å²) in [6, 6.07) is 25.5. The van der Waals surface area contributed by atoms with Gasteiger partial charge in [0.15, 0.2) is 6.29 Å². The van der Waals surface area contributed by atoms with Crippen LogP contribution in [-0.4, -0.2) is 19.0 Å². The second kappa shape index (κ2) is 10.2. The number of carbonyl (C=O) groups excluding carboxylic acids is 2. The molecule has 0 heterocycles. The number of ether oxygens (including phenoxy) is 1. The van der Waals surface area contributed by atoms with Gasteiger partial charge in [-0.05, 0) is 57.5 Å². The van der Waals surface area contributed by atoms with Crippen LogP contribution in [0.15, 0.2) is 83.8 Å². The molecular weight excluding hydrogens is 490 g/mol. The molecule has 0 saturated heterocycles. The zero-order valence-corrected chi connectivity index (χ0v) is 21.3. The van der Waals surface area contributed by atoms with Crippen molar-refractivity contribution < 1.29 is 14.3 Å². The quantitative estimate of drug-likeness (QED) is 0.208. The van der Waals surface area contributed by atoms with E-state index in [2.05, 4.69) is 42.2 Å². The molecule has 0 unspecified atom stereocenters. The van der Waals surface area contributed by atoms with Gasteiger partial charge in [-0.2, -0.15) is 0 Å². The Kier molecular flexibility index (Phi) is 6.86. The van der Waals surface area contributed by atoms with E-state index in [0.29, 0.717) is 15.5 Å². The summed E-state index contributed by atoms with van der Waals surface area (Å²) >= 11 is 11.0. The van der Waals surface area contributed by atoms with E-state index in [1.165, 1.54) is 11.1 Å². The Labute approximate surface area is 220 Å². The molecule has 1 aliphatic rings. The molecule has 0 spiro atoms. The van der Waals surface area contributed by atoms with Crippen molar-refractivity contribution in [3.8, 4) is 22.3 Å². The molecule has 1 aliphatic carbocycles. The Balaban J connectivity index is 1.35. The Bertz CT molecular complexity index is 1440. The lowest BCUT2D eigenvalue weighted by Gasteiger charge is -2.19. The highest BCUT2D eigenvalue weighted by atomic mass is 35.5. The van der Waals surface area contributed by atoms with Gasteiger partial charge in [-0.1, -0.05) is 84.4 Å². The van der Waals surface area contributed by atoms with E-state index in [1.807, 2.05) is 49.4 Å². The predicted molar refractivity (Wildman–Crippen MR) is 146 cm³/mol. The topological polar surface area (TPSA) is 55.4 Å². The molecule has 0 atom stereocenters. The number of hydrogen-bond donors (Lipinski definition) is 2. The number of hydrogen-bond acceptors (Lipinski definition) is 4. The van der Waals surface area contributed by atoms with Gasteiger partial charge in [-0.3, -0.25) is 4.79 Å². The van der Waals surface area contributed by atoms with Crippen LogP contribution in [0.2, 0.25) is 5.02 Å². The number of fused-ring (bicyclic) bond motifs is 3. The average molecular weight is 514 g/mol. The summed E-state index contributed by atoms with van der Waals surface area (Å²) in [5.41, 5.74) is 8.43. The minimum Gasteiger partial charge on any atom is -0.449 e. The first kappa shape index (κ1) is 24.2. The van der Waals surface area contributed by atoms with E-state index in [1.54, 1.807) is 12.1 Å². The van der Waals surface area contributed by atoms with E-state index >= 15 is 0 Å². The fourth-order valence-electron chi connectivity index (χ4n) is 4.99. The normalized spacial score (nSPS) is 12.1. The Morgan fingerprint density at radius 1 is 0.972 bits per heavy atom. The second-order valence-electron chi connectivity index (χ2n) is 8.75. The highest BCUT2D eigenvalue weighted by Gasteiger charge is 2.29. The lowest BCUT2D eigenvalue weighted by molar-refractivity contribution is 0.112. The third-order valence-electron chi connectivity index (χ3n) is 6.70. The number of nitrogens with one attached hydrogen (secondary N) is 1. The maximum Gasteiger partial charge on any atom is 0.407 e. The van der Waals surface area contributed by atoms with Crippen LogP contribution in [0.3, 0.4) is 0 Å². The summed E-state index contributed by atoms with van der Waals surface area (Å²) < 4.78 is 5.68. The van der Waals surface area contributed by atoms with Gasteiger partial charge in [0.1, 0.15) is 6.61 Å². The van der Waals surface area contributed by atoms with Gasteiger partial charge in [0.05, 0.1) is 5.02 Å². The van der Waals surface area contributed by atoms with Crippen LogP contribution in [-0.2, 0) is 11.3 Å². The third kappa shape index (κ3) is 4.41. The molecular formula is C30H24ClNO3S. The number of thiol groups is 1. The Morgan fingerprint density at radius 3 is 2.19 bits per heavy atom. The largest absolute Gasteiger partial charge is 0.449 e. The monoisotopic (exact) mass is 513 g/mol. The van der Waals surface area contributed by atoms with Crippen LogP contribution in [0.4, 0.5) is 4.79 Å². The fourth-order valence-corrected chi connectivity index (χ4v) is 5.44. The minimum atomic E-state index is -0.518. The molecule has 0 fully saturated rings. The lowest BCUT2D eigenvalue weighted by Crippen LogP contribution is -2.26. The standard InChI is InChI=1S/C30H24ClNO3S/c1-18-28(21-9-3-2-8-19(21)16-33)20(14-27(31)29(18)36)15-32-30(34)35-17-26-24-12-6-4-10-22(24)23-11-5-7-13-25(23)26/h2-14,16,26,36H,15,17H2,1H3,(H,32,34). The first-order chi connectivity index (χ1) is 17.5. The lowest BCUT2D eigenvalue weighted by atomic mass is 9.92. The summed E-state index contributed by atoms with van der Waals surface area (Å²) in [5.74, 6) is -0.0154. The van der Waals surface area contributed by atoms with Crippen LogP contribution in [0.25, 0.3) is 22.3 Å². The molecule has 0 saturated carbocycles. The number of benzene rings is 4. The molecule has 0 bridgehead atoms. The maximum atomic E-state index is 12.8. The fraction of sp³-hybridized carbons (Fsp3) is 0.133. The zero-order chi connectivity index (χ0) is 25.2. The van der Waals surface area contributed by atoms with Gasteiger partial charge in [-0.25, -0.2) is 4.79 Å². The van der Waals surface area contributed by atoms with Crippen molar-refractivity contribution >= 4 is 36.6 Å². The predicted octanol–water partition coefficient (Wildman–Crippen LogP) is 7.46. The third-order valence-corrected chi connectivity index (χ3v) is 7.71. The number of amides is 1. The van der Waals surface area contributed by atoms with Crippen molar-refractivity contribution in [2.75, 3.05) is 6.61 Å². The van der Waals surface area contributed by atoms with Gasteiger partial charge in [-0.15, -0.1) is 12.6 Å². The minimum absolute atomic E-state index is 0.0154. The van der Waals surface area contributed by atoms with Crippen molar-refractivity contribution in [3.63, 3.8) is 0 Å². The number of rotatable bonds is 6. The molecule has 0 aliphatic heterocycles. The Morgan fingerprint density at radius 2 is 1.56 bits per heavy atom. The summed E-state index contributed by atoms with van der Waals surface area (Å²) in [7, 11) is 0. The van der Waals surface area contributed by atoms with Gasteiger partial charge in [0.2, 0.25) is 0 Å². The number of aldehydes is 1. The van der Waals surface area contributed by atoms with Gasteiger partial charge in [0, 0.05) is 22.9 Å². The highest BCUT2D eigenvalue weighted by molar-refractivity contribution is 7.80. The highest BCUT2D eigenvalue weighted by Crippen LogP contribution is 2.44. The van der Waals surface area contributed by atoms with Crippen LogP contribution >= 0.6 is 24.2 Å². The van der Waals surface area contributed by atoms with Crippen LogP contribution in [0.1, 0.15) is 38.5 Å². The first-order valence-electron chi connectivity index (χ1n) is 11.6. The van der Waals surface area contributed by atoms with Crippen molar-refractivity contribution in [1.82, 2.24) is 5.32 Å². The summed E-state index contributed by atoms with van der Waals surface area (Å²) in [4.78, 5) is 25.1. The summed E-state index contributed by atoms with van der Waals surface area (Å²) in [6.45, 7) is 2.33. The van der Waals surface area contributed by atoms with Crippen molar-refractivity contribution in [3.05, 3.63) is 112 Å². The molecule has 1 amide bonds. The molecule has 0 radical (unpaired) electrons. The molecule has 6 heteroatoms. The molecule has 0 aromatic heterocycles. The molecule has 5 rings (SSSR count). The van der Waals surface area contributed by atoms with E-state index in [4.69, 9.17) is 16.3 Å². The maximum absolute atomic E-state index is 12.8. The van der Waals surface area contributed by atoms with Crippen LogP contribution < -0.4 is 5.32 Å². The summed E-state index contributed by atoms with van der Waals surface area (Å²) in [6.07, 6.45) is 0.305. The van der Waals surface area contributed by atoms with Gasteiger partial charge >= 0.3 is 6.09 Å². The zero-order valence-electron chi connectivity index (χ0n) is 19.6. The van der Waals surface area contributed by atoms with Crippen molar-refractivity contribution in [2.24, 2.45) is 0 Å². The van der Waals surface area contributed by atoms with Crippen LogP contribution in [0, 0.1) is 6.92 Å². The number of carbonyl (C=O) groups is 2. The molecule has 36 heavy (non-hydrogen) atoms. The van der Waals surface area contributed by atoms with Crippen molar-refractivity contribution in [1.29, 1.82) is 0 Å². The van der Waals surface area contributed by atoms with Gasteiger partial charge in [0.25, 0.3) is 0 Å². The molecule has 4 aromatic carbocycles. The number of alkyl carbamates (subject to hydrolysis) is 1. The van der Waals surface area contributed by atoms with Crippen molar-refractivity contribution in [2.45, 2.75) is 24.3 Å². The van der Waals surface area contributed by atoms with Crippen LogP contribution in [0.5, 0.6) is 0 Å². The second-order valence-corrected chi connectivity index (χ2v) is 9.60. The molecule has 1 N–H and O–H groups in total. The van der Waals surface area contributed by atoms with E-state index < -0.39 is 6.09 Å². The molecule has 4 nitrogen and oxygen atoms in total. The summed E-state index contributed by atoms with van der Waals surface area (Å²) in [5, 5.41) is 3.34. The molecule has 180 valence electrons. The first-order valence-corrected chi connectivity index (χ1v) is 12.5. The Hall–Kier alpha value is -3.54. The van der Waals surface area contributed by atoms with E-state index in [9.17, 15) is 9.59 Å². The average Bonchev–Trinajstić information content (AvgIpc) is 3.23. The van der Waals surface area contributed by atoms with E-state index in [0.717, 1.165) is 39.7 Å². The smallest absolute Gasteiger partial charge is 0.407 e. The van der Waals surface area contributed by atoms with Gasteiger partial charge < -0.3 is 10.1 Å².